The first kappa shape index (κ1) is 18.5. The molecule has 1 fully saturated rings. The Hall–Kier alpha value is -2.51. The van der Waals surface area contributed by atoms with E-state index in [1.165, 1.54) is 17.1 Å². The molecule has 152 valence electrons. The maximum Gasteiger partial charge on any atom is 0.129 e. The van der Waals surface area contributed by atoms with Crippen LogP contribution in [0.5, 0.6) is 0 Å². The summed E-state index contributed by atoms with van der Waals surface area (Å²) in [6, 6.07) is 4.20. The highest BCUT2D eigenvalue weighted by Crippen LogP contribution is 2.42. The number of pyridine rings is 1. The molecule has 0 bridgehead atoms. The van der Waals surface area contributed by atoms with Gasteiger partial charge in [-0.25, -0.2) is 4.98 Å². The maximum absolute atomic E-state index is 4.98. The average molecular weight is 392 g/mol. The van der Waals surface area contributed by atoms with Crippen LogP contribution in [0.15, 0.2) is 43.1 Å². The third kappa shape index (κ3) is 3.18. The van der Waals surface area contributed by atoms with Gasteiger partial charge in [0.2, 0.25) is 0 Å². The number of fused-ring (bicyclic) bond motifs is 2. The number of aromatic nitrogens is 5. The van der Waals surface area contributed by atoms with Crippen molar-refractivity contribution in [2.24, 2.45) is 7.05 Å². The number of piperidine rings is 1. The molecule has 0 aromatic carbocycles. The second-order valence-electron chi connectivity index (χ2n) is 8.27. The number of likely N-dealkylation sites (tertiary alicyclic amines) is 1. The molecule has 7 nitrogen and oxygen atoms in total. The van der Waals surface area contributed by atoms with Crippen molar-refractivity contribution in [1.82, 2.24) is 34.1 Å². The van der Waals surface area contributed by atoms with Crippen LogP contribution in [0.1, 0.15) is 31.2 Å². The number of imidazole rings is 1. The van der Waals surface area contributed by atoms with E-state index < -0.39 is 0 Å². The van der Waals surface area contributed by atoms with E-state index in [9.17, 15) is 0 Å². The molecule has 7 heteroatoms. The Kier molecular flexibility index (Phi) is 4.72. The van der Waals surface area contributed by atoms with Crippen molar-refractivity contribution in [3.8, 4) is 11.3 Å². The molecule has 5 rings (SSSR count). The molecule has 0 unspecified atom stereocenters. The van der Waals surface area contributed by atoms with Gasteiger partial charge in [0.05, 0.1) is 23.6 Å². The third-order valence-electron chi connectivity index (χ3n) is 6.67. The number of aryl methyl sites for hydroxylation is 1. The molecule has 2 aliphatic heterocycles. The van der Waals surface area contributed by atoms with E-state index in [0.717, 1.165) is 57.7 Å². The van der Waals surface area contributed by atoms with Crippen LogP contribution in [-0.4, -0.2) is 60.3 Å². The monoisotopic (exact) mass is 391 g/mol. The first-order valence-corrected chi connectivity index (χ1v) is 10.6. The molecule has 5 heterocycles. The zero-order valence-corrected chi connectivity index (χ0v) is 17.3. The van der Waals surface area contributed by atoms with Gasteiger partial charge in [-0.3, -0.25) is 19.5 Å². The summed E-state index contributed by atoms with van der Waals surface area (Å²) in [5, 5.41) is 4.36. The van der Waals surface area contributed by atoms with Gasteiger partial charge >= 0.3 is 0 Å². The highest BCUT2D eigenvalue weighted by molar-refractivity contribution is 5.57. The van der Waals surface area contributed by atoms with Crippen molar-refractivity contribution >= 4 is 0 Å². The highest BCUT2D eigenvalue weighted by Gasteiger charge is 2.46. The van der Waals surface area contributed by atoms with Gasteiger partial charge in [0, 0.05) is 63.9 Å². The Bertz CT molecular complexity index is 966. The molecule has 0 N–H and O–H groups in total. The summed E-state index contributed by atoms with van der Waals surface area (Å²) in [6.07, 6.45) is 12.1. The van der Waals surface area contributed by atoms with Crippen molar-refractivity contribution in [2.45, 2.75) is 38.4 Å². The summed E-state index contributed by atoms with van der Waals surface area (Å²) < 4.78 is 4.31. The van der Waals surface area contributed by atoms with E-state index in [0.29, 0.717) is 0 Å². The molecule has 3 aromatic heterocycles. The van der Waals surface area contributed by atoms with Gasteiger partial charge in [-0.15, -0.1) is 0 Å². The smallest absolute Gasteiger partial charge is 0.129 e. The molecular formula is C22H29N7. The lowest BCUT2D eigenvalue weighted by molar-refractivity contribution is -0.00774. The van der Waals surface area contributed by atoms with Crippen LogP contribution >= 0.6 is 0 Å². The lowest BCUT2D eigenvalue weighted by Gasteiger charge is -2.50. The van der Waals surface area contributed by atoms with Gasteiger partial charge in [-0.1, -0.05) is 13.0 Å². The molecule has 0 radical (unpaired) electrons. The molecule has 1 spiro atoms. The molecule has 1 saturated heterocycles. The molecule has 3 aromatic rings. The highest BCUT2D eigenvalue weighted by atomic mass is 15.3. The Labute approximate surface area is 172 Å². The molecule has 0 amide bonds. The second kappa shape index (κ2) is 7.39. The first-order chi connectivity index (χ1) is 14.2. The minimum atomic E-state index is 0.0406. The predicted octanol–water partition coefficient (Wildman–Crippen LogP) is 2.51. The van der Waals surface area contributed by atoms with Crippen LogP contribution in [0.2, 0.25) is 0 Å². The van der Waals surface area contributed by atoms with Gasteiger partial charge < -0.3 is 4.57 Å². The lowest BCUT2D eigenvalue weighted by atomic mass is 9.83. The van der Waals surface area contributed by atoms with Gasteiger partial charge in [0.1, 0.15) is 5.82 Å². The fourth-order valence-electron chi connectivity index (χ4n) is 5.17. The molecule has 0 aliphatic carbocycles. The van der Waals surface area contributed by atoms with Crippen LogP contribution in [0.3, 0.4) is 0 Å². The van der Waals surface area contributed by atoms with Crippen molar-refractivity contribution in [3.05, 3.63) is 54.5 Å². The van der Waals surface area contributed by atoms with E-state index in [1.54, 1.807) is 0 Å². The predicted molar refractivity (Wildman–Crippen MR) is 112 cm³/mol. The second-order valence-corrected chi connectivity index (χ2v) is 8.27. The Morgan fingerprint density at radius 3 is 2.62 bits per heavy atom. The fourth-order valence-corrected chi connectivity index (χ4v) is 5.17. The normalized spacial score (nSPS) is 19.5. The van der Waals surface area contributed by atoms with E-state index in [1.807, 2.05) is 36.4 Å². The van der Waals surface area contributed by atoms with E-state index >= 15 is 0 Å². The summed E-state index contributed by atoms with van der Waals surface area (Å²) in [6.45, 7) is 8.57. The van der Waals surface area contributed by atoms with E-state index in [-0.39, 0.29) is 5.54 Å². The first-order valence-electron chi connectivity index (χ1n) is 10.6. The standard InChI is InChI=1S/C22H29N7/c1-3-28-11-12-29-20(19-14-25-26(2)17-19)15-24-21(29)22(28)6-9-27(10-7-22)16-18-5-4-8-23-13-18/h4-5,8,13-15,17H,3,6-7,9-12,16H2,1-2H3. The van der Waals surface area contributed by atoms with Crippen LogP contribution in [0, 0.1) is 0 Å². The van der Waals surface area contributed by atoms with E-state index in [2.05, 4.69) is 49.8 Å². The number of rotatable bonds is 4. The Morgan fingerprint density at radius 1 is 1.07 bits per heavy atom. The number of likely N-dealkylation sites (N-methyl/N-ethyl adjacent to an activating group) is 1. The zero-order chi connectivity index (χ0) is 19.8. The molecule has 2 aliphatic rings. The minimum Gasteiger partial charge on any atom is -0.325 e. The molecule has 0 saturated carbocycles. The summed E-state index contributed by atoms with van der Waals surface area (Å²) >= 11 is 0. The fraction of sp³-hybridized carbons (Fsp3) is 0.500. The number of hydrogen-bond acceptors (Lipinski definition) is 5. The zero-order valence-electron chi connectivity index (χ0n) is 17.3. The Balaban J connectivity index is 1.42. The topological polar surface area (TPSA) is 55.0 Å². The van der Waals surface area contributed by atoms with Crippen LogP contribution in [0.25, 0.3) is 11.3 Å². The van der Waals surface area contributed by atoms with Gasteiger partial charge in [-0.2, -0.15) is 5.10 Å². The summed E-state index contributed by atoms with van der Waals surface area (Å²) in [7, 11) is 1.97. The van der Waals surface area contributed by atoms with Crippen molar-refractivity contribution in [1.29, 1.82) is 0 Å². The number of hydrogen-bond donors (Lipinski definition) is 0. The van der Waals surface area contributed by atoms with Crippen LogP contribution < -0.4 is 0 Å². The molecule has 29 heavy (non-hydrogen) atoms. The van der Waals surface area contributed by atoms with Crippen LogP contribution in [-0.2, 0) is 25.7 Å². The summed E-state index contributed by atoms with van der Waals surface area (Å²) in [4.78, 5) is 14.5. The van der Waals surface area contributed by atoms with Crippen molar-refractivity contribution < 1.29 is 0 Å². The average Bonchev–Trinajstić information content (AvgIpc) is 3.37. The van der Waals surface area contributed by atoms with Gasteiger partial charge in [0.25, 0.3) is 0 Å². The summed E-state index contributed by atoms with van der Waals surface area (Å²) in [5.41, 5.74) is 3.68. The summed E-state index contributed by atoms with van der Waals surface area (Å²) in [5.74, 6) is 1.24. The lowest BCUT2D eigenvalue weighted by Crippen LogP contribution is -2.57. The quantitative estimate of drug-likeness (QED) is 0.684. The number of nitrogens with zero attached hydrogens (tertiary/aromatic N) is 7. The maximum atomic E-state index is 4.98. The molecule has 0 atom stereocenters. The minimum absolute atomic E-state index is 0.0406. The largest absolute Gasteiger partial charge is 0.325 e. The van der Waals surface area contributed by atoms with E-state index in [4.69, 9.17) is 4.98 Å². The SMILES string of the molecule is CCN1CCn2c(-c3cnn(C)c3)cnc2C12CCN(Cc1cccnc1)CC2. The van der Waals surface area contributed by atoms with Gasteiger partial charge in [-0.05, 0) is 31.0 Å². The third-order valence-corrected chi connectivity index (χ3v) is 6.67. The van der Waals surface area contributed by atoms with Crippen LogP contribution in [0.4, 0.5) is 0 Å². The molecular weight excluding hydrogens is 362 g/mol. The van der Waals surface area contributed by atoms with Gasteiger partial charge in [0.15, 0.2) is 0 Å². The van der Waals surface area contributed by atoms with Crippen molar-refractivity contribution in [3.63, 3.8) is 0 Å². The van der Waals surface area contributed by atoms with Crippen molar-refractivity contribution in [2.75, 3.05) is 26.2 Å². The Morgan fingerprint density at radius 2 is 1.93 bits per heavy atom.